The van der Waals surface area contributed by atoms with Gasteiger partial charge in [0.2, 0.25) is 0 Å². The summed E-state index contributed by atoms with van der Waals surface area (Å²) in [4.78, 5) is 22.5. The number of benzene rings is 1. The fourth-order valence-electron chi connectivity index (χ4n) is 1.57. The smallest absolute Gasteiger partial charge is 0.270 e. The van der Waals surface area contributed by atoms with Crippen molar-refractivity contribution >= 4 is 23.2 Å². The molecule has 0 fully saturated rings. The van der Waals surface area contributed by atoms with Gasteiger partial charge in [-0.1, -0.05) is 19.8 Å². The monoisotopic (exact) mass is 267 g/mol. The maximum Gasteiger partial charge on any atom is 0.270 e. The van der Waals surface area contributed by atoms with Crippen molar-refractivity contribution in [2.45, 2.75) is 38.0 Å². The van der Waals surface area contributed by atoms with E-state index in [0.717, 1.165) is 29.9 Å². The SMILES string of the molecule is CCCCCSc1ccc([N+](=O)[O-])cc1C(C)=O. The lowest BCUT2D eigenvalue weighted by molar-refractivity contribution is -0.384. The maximum atomic E-state index is 11.5. The zero-order valence-electron chi connectivity index (χ0n) is 10.6. The van der Waals surface area contributed by atoms with E-state index in [4.69, 9.17) is 0 Å². The first-order valence-electron chi connectivity index (χ1n) is 5.98. The third-order valence-electron chi connectivity index (χ3n) is 2.56. The summed E-state index contributed by atoms with van der Waals surface area (Å²) in [5.41, 5.74) is 0.420. The van der Waals surface area contributed by atoms with Crippen molar-refractivity contribution in [1.29, 1.82) is 0 Å². The van der Waals surface area contributed by atoms with Crippen LogP contribution >= 0.6 is 11.8 Å². The van der Waals surface area contributed by atoms with Gasteiger partial charge >= 0.3 is 0 Å². The molecule has 0 amide bonds. The lowest BCUT2D eigenvalue weighted by atomic mass is 10.1. The predicted molar refractivity (Wildman–Crippen MR) is 73.3 cm³/mol. The van der Waals surface area contributed by atoms with Crippen LogP contribution in [0.25, 0.3) is 0 Å². The molecule has 5 heteroatoms. The van der Waals surface area contributed by atoms with Crippen molar-refractivity contribution in [1.82, 2.24) is 0 Å². The zero-order chi connectivity index (χ0) is 13.5. The normalized spacial score (nSPS) is 10.3. The average molecular weight is 267 g/mol. The molecular formula is C13H17NO3S. The van der Waals surface area contributed by atoms with Gasteiger partial charge in [0.15, 0.2) is 5.78 Å². The second-order valence-corrected chi connectivity index (χ2v) is 5.19. The number of Topliss-reactive ketones (excluding diaryl/α,β-unsaturated/α-hetero) is 1. The standard InChI is InChI=1S/C13H17NO3S/c1-3-4-5-8-18-13-7-6-11(14(16)17)9-12(13)10(2)15/h6-7,9H,3-5,8H2,1-2H3. The molecule has 98 valence electrons. The average Bonchev–Trinajstić information content (AvgIpc) is 2.34. The van der Waals surface area contributed by atoms with Crippen LogP contribution in [0, 0.1) is 10.1 Å². The van der Waals surface area contributed by atoms with Crippen LogP contribution in [0.4, 0.5) is 5.69 Å². The van der Waals surface area contributed by atoms with Crippen LogP contribution in [0.1, 0.15) is 43.5 Å². The number of nitro benzene ring substituents is 1. The Labute approximate surface area is 111 Å². The molecule has 0 radical (unpaired) electrons. The van der Waals surface area contributed by atoms with Gasteiger partial charge in [-0.3, -0.25) is 14.9 Å². The van der Waals surface area contributed by atoms with Gasteiger partial charge in [0.25, 0.3) is 5.69 Å². The predicted octanol–water partition coefficient (Wildman–Crippen LogP) is 4.08. The quantitative estimate of drug-likeness (QED) is 0.245. The van der Waals surface area contributed by atoms with E-state index in [0.29, 0.717) is 5.56 Å². The van der Waals surface area contributed by atoms with Gasteiger partial charge in [-0.15, -0.1) is 11.8 Å². The molecule has 0 N–H and O–H groups in total. The highest BCUT2D eigenvalue weighted by atomic mass is 32.2. The van der Waals surface area contributed by atoms with Gasteiger partial charge in [-0.05, 0) is 25.2 Å². The molecule has 0 saturated carbocycles. The molecule has 1 aromatic rings. The summed E-state index contributed by atoms with van der Waals surface area (Å²) in [6, 6.07) is 4.49. The van der Waals surface area contributed by atoms with Crippen LogP contribution in [-0.2, 0) is 0 Å². The molecule has 0 aliphatic heterocycles. The van der Waals surface area contributed by atoms with Crippen molar-refractivity contribution in [3.05, 3.63) is 33.9 Å². The van der Waals surface area contributed by atoms with E-state index in [2.05, 4.69) is 6.92 Å². The minimum absolute atomic E-state index is 0.0295. The molecule has 0 aliphatic carbocycles. The number of non-ortho nitro benzene ring substituents is 1. The summed E-state index contributed by atoms with van der Waals surface area (Å²) >= 11 is 1.59. The molecule has 0 saturated heterocycles. The van der Waals surface area contributed by atoms with E-state index in [9.17, 15) is 14.9 Å². The maximum absolute atomic E-state index is 11.5. The molecule has 0 heterocycles. The summed E-state index contributed by atoms with van der Waals surface area (Å²) in [6.45, 7) is 3.58. The summed E-state index contributed by atoms with van der Waals surface area (Å²) in [5, 5.41) is 10.7. The summed E-state index contributed by atoms with van der Waals surface area (Å²) in [7, 11) is 0. The van der Waals surface area contributed by atoms with Gasteiger partial charge in [0.05, 0.1) is 4.92 Å². The molecule has 0 aromatic heterocycles. The van der Waals surface area contributed by atoms with Crippen LogP contribution in [-0.4, -0.2) is 16.5 Å². The van der Waals surface area contributed by atoms with Crippen LogP contribution in [0.5, 0.6) is 0 Å². The molecule has 1 aromatic carbocycles. The van der Waals surface area contributed by atoms with Gasteiger partial charge in [-0.25, -0.2) is 0 Å². The van der Waals surface area contributed by atoms with Gasteiger partial charge in [0.1, 0.15) is 0 Å². The van der Waals surface area contributed by atoms with Gasteiger partial charge < -0.3 is 0 Å². The van der Waals surface area contributed by atoms with E-state index in [1.165, 1.54) is 19.1 Å². The Morgan fingerprint density at radius 2 is 2.11 bits per heavy atom. The number of unbranched alkanes of at least 4 members (excludes halogenated alkanes) is 2. The Balaban J connectivity index is 2.83. The molecule has 0 atom stereocenters. The third-order valence-corrected chi connectivity index (χ3v) is 3.72. The fourth-order valence-corrected chi connectivity index (χ4v) is 2.66. The van der Waals surface area contributed by atoms with E-state index < -0.39 is 4.92 Å². The zero-order valence-corrected chi connectivity index (χ0v) is 11.5. The van der Waals surface area contributed by atoms with Crippen molar-refractivity contribution in [3.8, 4) is 0 Å². The van der Waals surface area contributed by atoms with E-state index >= 15 is 0 Å². The summed E-state index contributed by atoms with van der Waals surface area (Å²) < 4.78 is 0. The highest BCUT2D eigenvalue weighted by Crippen LogP contribution is 2.28. The fraction of sp³-hybridized carbons (Fsp3) is 0.462. The molecule has 0 spiro atoms. The van der Waals surface area contributed by atoms with Gasteiger partial charge in [0, 0.05) is 22.6 Å². The Morgan fingerprint density at radius 3 is 2.67 bits per heavy atom. The first kappa shape index (κ1) is 14.7. The van der Waals surface area contributed by atoms with Crippen molar-refractivity contribution in [2.24, 2.45) is 0 Å². The van der Waals surface area contributed by atoms with E-state index in [-0.39, 0.29) is 11.5 Å². The molecule has 0 aliphatic rings. The summed E-state index contributed by atoms with van der Waals surface area (Å²) in [6.07, 6.45) is 3.41. The minimum Gasteiger partial charge on any atom is -0.294 e. The number of nitro groups is 1. The third kappa shape index (κ3) is 4.14. The van der Waals surface area contributed by atoms with E-state index in [1.807, 2.05) is 0 Å². The number of hydrogen-bond donors (Lipinski definition) is 0. The topological polar surface area (TPSA) is 60.2 Å². The van der Waals surface area contributed by atoms with Crippen molar-refractivity contribution in [3.63, 3.8) is 0 Å². The molecule has 0 bridgehead atoms. The first-order valence-corrected chi connectivity index (χ1v) is 6.97. The second-order valence-electron chi connectivity index (χ2n) is 4.05. The molecular weight excluding hydrogens is 250 g/mol. The van der Waals surface area contributed by atoms with Crippen LogP contribution < -0.4 is 0 Å². The first-order chi connectivity index (χ1) is 8.56. The van der Waals surface area contributed by atoms with Crippen molar-refractivity contribution in [2.75, 3.05) is 5.75 Å². The summed E-state index contributed by atoms with van der Waals surface area (Å²) in [5.74, 6) is 0.808. The minimum atomic E-state index is -0.474. The molecule has 4 nitrogen and oxygen atoms in total. The highest BCUT2D eigenvalue weighted by Gasteiger charge is 2.13. The van der Waals surface area contributed by atoms with Crippen LogP contribution in [0.15, 0.2) is 23.1 Å². The lowest BCUT2D eigenvalue weighted by Crippen LogP contribution is -1.98. The van der Waals surface area contributed by atoms with E-state index in [1.54, 1.807) is 17.8 Å². The number of hydrogen-bond acceptors (Lipinski definition) is 4. The molecule has 0 unspecified atom stereocenters. The van der Waals surface area contributed by atoms with Gasteiger partial charge in [-0.2, -0.15) is 0 Å². The molecule has 1 rings (SSSR count). The van der Waals surface area contributed by atoms with Crippen LogP contribution in [0.2, 0.25) is 0 Å². The Hall–Kier alpha value is -1.36. The number of ketones is 1. The number of carbonyl (C=O) groups is 1. The Morgan fingerprint density at radius 1 is 1.39 bits per heavy atom. The number of carbonyl (C=O) groups excluding carboxylic acids is 1. The Kier molecular flexibility index (Phi) is 5.85. The lowest BCUT2D eigenvalue weighted by Gasteiger charge is -2.06. The second kappa shape index (κ2) is 7.16. The molecule has 18 heavy (non-hydrogen) atoms. The Bertz CT molecular complexity index is 446. The number of nitrogens with zero attached hydrogens (tertiary/aromatic N) is 1. The van der Waals surface area contributed by atoms with Crippen molar-refractivity contribution < 1.29 is 9.72 Å². The highest BCUT2D eigenvalue weighted by molar-refractivity contribution is 7.99. The van der Waals surface area contributed by atoms with Crippen LogP contribution in [0.3, 0.4) is 0 Å². The number of rotatable bonds is 7. The number of thioether (sulfide) groups is 1. The largest absolute Gasteiger partial charge is 0.294 e.